The predicted octanol–water partition coefficient (Wildman–Crippen LogP) is 3.59. The second kappa shape index (κ2) is 6.07. The number of carbonyl (C=O) groups is 1. The molecule has 3 atom stereocenters. The van der Waals surface area contributed by atoms with E-state index in [1.165, 1.54) is 6.07 Å². The van der Waals surface area contributed by atoms with E-state index in [1.54, 1.807) is 4.90 Å². The number of likely N-dealkylation sites (tertiary alicyclic amines) is 1. The van der Waals surface area contributed by atoms with Crippen LogP contribution in [0.1, 0.15) is 26.3 Å². The van der Waals surface area contributed by atoms with E-state index in [-0.39, 0.29) is 12.0 Å². The van der Waals surface area contributed by atoms with Crippen LogP contribution in [0.15, 0.2) is 18.3 Å². The minimum Gasteiger partial charge on any atom is -0.477 e. The maximum atomic E-state index is 12.5. The molecule has 3 rings (SSSR count). The van der Waals surface area contributed by atoms with Gasteiger partial charge >= 0.3 is 12.3 Å². The summed E-state index contributed by atoms with van der Waals surface area (Å²) in [5.41, 5.74) is -1.31. The number of carbonyl (C=O) groups excluding carboxylic acids is 1. The van der Waals surface area contributed by atoms with Crippen molar-refractivity contribution < 1.29 is 27.4 Å². The molecule has 1 saturated carbocycles. The average Bonchev–Trinajstić information content (AvgIpc) is 2.93. The molecule has 0 aromatic carbocycles. The van der Waals surface area contributed by atoms with E-state index in [0.717, 1.165) is 12.3 Å². The lowest BCUT2D eigenvalue weighted by molar-refractivity contribution is -0.137. The Kier molecular flexibility index (Phi) is 4.33. The average molecular weight is 358 g/mol. The Bertz CT molecular complexity index is 628. The van der Waals surface area contributed by atoms with Gasteiger partial charge in [-0.1, -0.05) is 0 Å². The van der Waals surface area contributed by atoms with Crippen molar-refractivity contribution in [1.82, 2.24) is 9.88 Å². The van der Waals surface area contributed by atoms with Gasteiger partial charge in [-0.3, -0.25) is 0 Å². The van der Waals surface area contributed by atoms with E-state index in [1.807, 2.05) is 20.8 Å². The fourth-order valence-corrected chi connectivity index (χ4v) is 3.19. The molecule has 2 fully saturated rings. The Hall–Kier alpha value is -1.99. The van der Waals surface area contributed by atoms with Gasteiger partial charge < -0.3 is 14.4 Å². The van der Waals surface area contributed by atoms with Crippen molar-refractivity contribution in [2.75, 3.05) is 19.7 Å². The lowest BCUT2D eigenvalue weighted by atomic mass is 10.2. The van der Waals surface area contributed by atoms with Gasteiger partial charge in [0.15, 0.2) is 0 Å². The Morgan fingerprint density at radius 2 is 1.88 bits per heavy atom. The minimum atomic E-state index is -4.40. The fraction of sp³-hybridized carbons (Fsp3) is 0.647. The number of amides is 1. The Labute approximate surface area is 144 Å². The van der Waals surface area contributed by atoms with Gasteiger partial charge in [0.05, 0.1) is 12.2 Å². The van der Waals surface area contributed by atoms with Gasteiger partial charge in [-0.2, -0.15) is 13.2 Å². The van der Waals surface area contributed by atoms with Crippen molar-refractivity contribution in [1.29, 1.82) is 0 Å². The number of fused-ring (bicyclic) bond motifs is 1. The van der Waals surface area contributed by atoms with Gasteiger partial charge in [-0.25, -0.2) is 9.78 Å². The quantitative estimate of drug-likeness (QED) is 0.829. The summed E-state index contributed by atoms with van der Waals surface area (Å²) in [6, 6.07) is 2.19. The van der Waals surface area contributed by atoms with Gasteiger partial charge in [-0.15, -0.1) is 0 Å². The van der Waals surface area contributed by atoms with Gasteiger partial charge in [0.2, 0.25) is 5.88 Å². The van der Waals surface area contributed by atoms with Crippen LogP contribution in [0, 0.1) is 17.8 Å². The number of rotatable bonds is 3. The molecule has 2 aliphatic rings. The molecule has 0 spiro atoms. The van der Waals surface area contributed by atoms with Crippen molar-refractivity contribution in [2.24, 2.45) is 17.8 Å². The second-order valence-corrected chi connectivity index (χ2v) is 7.57. The molecule has 1 unspecified atom stereocenters. The van der Waals surface area contributed by atoms with Gasteiger partial charge in [0, 0.05) is 31.3 Å². The summed E-state index contributed by atoms with van der Waals surface area (Å²) in [6.45, 7) is 7.15. The first kappa shape index (κ1) is 17.8. The Morgan fingerprint density at radius 3 is 2.36 bits per heavy atom. The summed E-state index contributed by atoms with van der Waals surface area (Å²) in [4.78, 5) is 17.4. The number of ether oxygens (including phenoxy) is 2. The number of hydrogen-bond acceptors (Lipinski definition) is 4. The van der Waals surface area contributed by atoms with Crippen LogP contribution in [0.2, 0.25) is 0 Å². The highest BCUT2D eigenvalue weighted by molar-refractivity contribution is 5.69. The van der Waals surface area contributed by atoms with E-state index in [9.17, 15) is 18.0 Å². The predicted molar refractivity (Wildman–Crippen MR) is 83.0 cm³/mol. The molecule has 1 saturated heterocycles. The van der Waals surface area contributed by atoms with E-state index in [4.69, 9.17) is 9.47 Å². The number of piperidine rings is 1. The number of alkyl halides is 3. The van der Waals surface area contributed by atoms with Crippen LogP contribution >= 0.6 is 0 Å². The van der Waals surface area contributed by atoms with Crippen LogP contribution in [-0.4, -0.2) is 41.3 Å². The number of aromatic nitrogens is 1. The van der Waals surface area contributed by atoms with Gasteiger partial charge in [0.25, 0.3) is 0 Å². The van der Waals surface area contributed by atoms with Crippen LogP contribution in [0.5, 0.6) is 5.88 Å². The SMILES string of the molecule is CC(C)(C)OC(=O)N1C[C@@H]2C(COc3ccc(C(F)(F)F)cn3)[C@@H]2C1. The number of pyridine rings is 1. The molecule has 1 aliphatic heterocycles. The van der Waals surface area contributed by atoms with Crippen LogP contribution in [0.4, 0.5) is 18.0 Å². The number of halogens is 3. The lowest BCUT2D eigenvalue weighted by Crippen LogP contribution is -2.37. The molecule has 0 N–H and O–H groups in total. The monoisotopic (exact) mass is 358 g/mol. The molecule has 1 aromatic rings. The zero-order valence-electron chi connectivity index (χ0n) is 14.3. The van der Waals surface area contributed by atoms with Crippen LogP contribution in [0.25, 0.3) is 0 Å². The molecular weight excluding hydrogens is 337 g/mol. The molecule has 5 nitrogen and oxygen atoms in total. The van der Waals surface area contributed by atoms with Crippen molar-refractivity contribution in [3.8, 4) is 5.88 Å². The smallest absolute Gasteiger partial charge is 0.417 e. The number of hydrogen-bond donors (Lipinski definition) is 0. The van der Waals surface area contributed by atoms with Crippen molar-refractivity contribution in [3.63, 3.8) is 0 Å². The largest absolute Gasteiger partial charge is 0.477 e. The normalized spacial score (nSPS) is 25.5. The third kappa shape index (κ3) is 4.16. The van der Waals surface area contributed by atoms with E-state index in [2.05, 4.69) is 4.98 Å². The highest BCUT2D eigenvalue weighted by atomic mass is 19.4. The second-order valence-electron chi connectivity index (χ2n) is 7.57. The molecule has 8 heteroatoms. The molecular formula is C17H21F3N2O3. The first-order chi connectivity index (χ1) is 11.5. The standard InChI is InChI=1S/C17H21F3N2O3/c1-16(2,3)25-15(23)22-7-11-12(8-22)13(11)9-24-14-5-4-10(6-21-14)17(18,19)20/h4-6,11-13H,7-9H2,1-3H3/t11-,12+,13?. The van der Waals surface area contributed by atoms with E-state index >= 15 is 0 Å². The fourth-order valence-electron chi connectivity index (χ4n) is 3.19. The van der Waals surface area contributed by atoms with Crippen LogP contribution in [-0.2, 0) is 10.9 Å². The summed E-state index contributed by atoms with van der Waals surface area (Å²) in [6.07, 6.45) is -3.93. The molecule has 1 aliphatic carbocycles. The maximum absolute atomic E-state index is 12.5. The van der Waals surface area contributed by atoms with Crippen molar-refractivity contribution in [3.05, 3.63) is 23.9 Å². The van der Waals surface area contributed by atoms with E-state index < -0.39 is 17.3 Å². The topological polar surface area (TPSA) is 51.7 Å². The van der Waals surface area contributed by atoms with E-state index in [0.29, 0.717) is 37.5 Å². The summed E-state index contributed by atoms with van der Waals surface area (Å²) in [7, 11) is 0. The number of nitrogens with zero attached hydrogens (tertiary/aromatic N) is 2. The van der Waals surface area contributed by atoms with Crippen LogP contribution in [0.3, 0.4) is 0 Å². The zero-order chi connectivity index (χ0) is 18.4. The summed E-state index contributed by atoms with van der Waals surface area (Å²) >= 11 is 0. The highest BCUT2D eigenvalue weighted by Crippen LogP contribution is 2.51. The highest BCUT2D eigenvalue weighted by Gasteiger charge is 2.57. The third-order valence-corrected chi connectivity index (χ3v) is 4.51. The lowest BCUT2D eigenvalue weighted by Gasteiger charge is -2.25. The molecule has 0 bridgehead atoms. The molecule has 25 heavy (non-hydrogen) atoms. The summed E-state index contributed by atoms with van der Waals surface area (Å²) < 4.78 is 48.3. The molecule has 0 radical (unpaired) electrons. The zero-order valence-corrected chi connectivity index (χ0v) is 14.3. The Balaban J connectivity index is 1.44. The van der Waals surface area contributed by atoms with Crippen molar-refractivity contribution >= 4 is 6.09 Å². The minimum absolute atomic E-state index is 0.182. The van der Waals surface area contributed by atoms with Crippen LogP contribution < -0.4 is 4.74 Å². The molecule has 2 heterocycles. The third-order valence-electron chi connectivity index (χ3n) is 4.51. The van der Waals surface area contributed by atoms with Crippen molar-refractivity contribution in [2.45, 2.75) is 32.5 Å². The van der Waals surface area contributed by atoms with Gasteiger partial charge in [-0.05, 0) is 38.7 Å². The molecule has 1 amide bonds. The Morgan fingerprint density at radius 1 is 1.24 bits per heavy atom. The summed E-state index contributed by atoms with van der Waals surface area (Å²) in [5.74, 6) is 1.22. The molecule has 1 aromatic heterocycles. The first-order valence-electron chi connectivity index (χ1n) is 8.18. The van der Waals surface area contributed by atoms with Gasteiger partial charge in [0.1, 0.15) is 5.60 Å². The molecule has 138 valence electrons. The first-order valence-corrected chi connectivity index (χ1v) is 8.18. The summed E-state index contributed by atoms with van der Waals surface area (Å²) in [5, 5.41) is 0. The maximum Gasteiger partial charge on any atom is 0.417 e.